The molecule has 0 aliphatic heterocycles. The van der Waals surface area contributed by atoms with Gasteiger partial charge in [0.05, 0.1) is 0 Å². The first kappa shape index (κ1) is 13.3. The van der Waals surface area contributed by atoms with E-state index in [2.05, 4.69) is 15.1 Å². The van der Waals surface area contributed by atoms with E-state index in [1.54, 1.807) is 24.5 Å². The van der Waals surface area contributed by atoms with Gasteiger partial charge in [0.2, 0.25) is 5.89 Å². The molecule has 0 saturated heterocycles. The summed E-state index contributed by atoms with van der Waals surface area (Å²) in [5, 5.41) is 13.2. The van der Waals surface area contributed by atoms with E-state index in [4.69, 9.17) is 4.52 Å². The van der Waals surface area contributed by atoms with Crippen molar-refractivity contribution in [1.82, 2.24) is 15.1 Å². The fraction of sp³-hybridized carbons (Fsp3) is 0.188. The summed E-state index contributed by atoms with van der Waals surface area (Å²) in [6, 6.07) is 11.0. The molecule has 0 radical (unpaired) electrons. The Kier molecular flexibility index (Phi) is 3.91. The number of phenolic OH excluding ortho intramolecular Hbond substituents is 1. The van der Waals surface area contributed by atoms with E-state index >= 15 is 0 Å². The van der Waals surface area contributed by atoms with E-state index in [9.17, 15) is 5.11 Å². The molecule has 3 rings (SSSR count). The number of phenols is 1. The molecule has 0 aliphatic carbocycles. The lowest BCUT2D eigenvalue weighted by Crippen LogP contribution is -1.94. The van der Waals surface area contributed by atoms with Crippen LogP contribution in [0.2, 0.25) is 0 Å². The average Bonchev–Trinajstić information content (AvgIpc) is 2.95. The van der Waals surface area contributed by atoms with Gasteiger partial charge in [-0.15, -0.1) is 0 Å². The first-order valence-electron chi connectivity index (χ1n) is 6.78. The quantitative estimate of drug-likeness (QED) is 0.778. The Bertz CT molecular complexity index is 693. The number of rotatable bonds is 5. The zero-order chi connectivity index (χ0) is 14.5. The zero-order valence-electron chi connectivity index (χ0n) is 11.4. The maximum Gasteiger partial charge on any atom is 0.226 e. The monoisotopic (exact) mass is 281 g/mol. The molecular formula is C16H15N3O2. The molecule has 0 amide bonds. The first-order chi connectivity index (χ1) is 10.3. The number of pyridine rings is 1. The van der Waals surface area contributed by atoms with Gasteiger partial charge in [0.25, 0.3) is 0 Å². The highest BCUT2D eigenvalue weighted by molar-refractivity contribution is 5.26. The highest BCUT2D eigenvalue weighted by atomic mass is 16.5. The number of nitrogens with zero attached hydrogens (tertiary/aromatic N) is 3. The van der Waals surface area contributed by atoms with Crippen LogP contribution >= 0.6 is 0 Å². The lowest BCUT2D eigenvalue weighted by molar-refractivity contribution is 0.373. The minimum Gasteiger partial charge on any atom is -0.508 e. The van der Waals surface area contributed by atoms with Crippen molar-refractivity contribution in [1.29, 1.82) is 0 Å². The molecule has 2 heterocycles. The van der Waals surface area contributed by atoms with Crippen LogP contribution in [0.5, 0.6) is 5.75 Å². The number of aromatic nitrogens is 3. The molecule has 21 heavy (non-hydrogen) atoms. The molecule has 0 aliphatic rings. The molecule has 0 unspecified atom stereocenters. The van der Waals surface area contributed by atoms with Crippen LogP contribution in [-0.4, -0.2) is 20.2 Å². The maximum absolute atomic E-state index is 9.24. The summed E-state index contributed by atoms with van der Waals surface area (Å²) >= 11 is 0. The summed E-state index contributed by atoms with van der Waals surface area (Å²) in [5.41, 5.74) is 2.18. The van der Waals surface area contributed by atoms with Crippen molar-refractivity contribution in [3.63, 3.8) is 0 Å². The molecule has 2 aromatic heterocycles. The van der Waals surface area contributed by atoms with Crippen molar-refractivity contribution in [2.75, 3.05) is 0 Å². The van der Waals surface area contributed by atoms with Gasteiger partial charge in [-0.2, -0.15) is 4.98 Å². The normalized spacial score (nSPS) is 10.7. The molecule has 0 spiro atoms. The minimum atomic E-state index is 0.273. The molecule has 106 valence electrons. The Morgan fingerprint density at radius 3 is 2.62 bits per heavy atom. The fourth-order valence-corrected chi connectivity index (χ4v) is 2.06. The van der Waals surface area contributed by atoms with E-state index in [0.29, 0.717) is 24.6 Å². The van der Waals surface area contributed by atoms with Gasteiger partial charge in [-0.3, -0.25) is 4.98 Å². The maximum atomic E-state index is 9.24. The Morgan fingerprint density at radius 2 is 1.86 bits per heavy atom. The predicted octanol–water partition coefficient (Wildman–Crippen LogP) is 2.55. The van der Waals surface area contributed by atoms with Gasteiger partial charge in [-0.1, -0.05) is 23.4 Å². The summed E-state index contributed by atoms with van der Waals surface area (Å²) in [4.78, 5) is 8.45. The van der Waals surface area contributed by atoms with Crippen LogP contribution in [-0.2, 0) is 19.3 Å². The van der Waals surface area contributed by atoms with Gasteiger partial charge in [0.1, 0.15) is 5.75 Å². The van der Waals surface area contributed by atoms with E-state index in [-0.39, 0.29) is 5.75 Å². The van der Waals surface area contributed by atoms with Crippen LogP contribution in [0.4, 0.5) is 0 Å². The van der Waals surface area contributed by atoms with E-state index < -0.39 is 0 Å². The van der Waals surface area contributed by atoms with Crippen LogP contribution < -0.4 is 0 Å². The Hall–Kier alpha value is -2.69. The van der Waals surface area contributed by atoms with Crippen LogP contribution in [0.15, 0.2) is 53.3 Å². The number of benzene rings is 1. The summed E-state index contributed by atoms with van der Waals surface area (Å²) < 4.78 is 5.25. The second kappa shape index (κ2) is 6.17. The summed E-state index contributed by atoms with van der Waals surface area (Å²) in [5.74, 6) is 1.57. The van der Waals surface area contributed by atoms with Gasteiger partial charge >= 0.3 is 0 Å². The SMILES string of the molecule is Oc1ccc(CCc2nc(Cc3cccnc3)no2)cc1. The lowest BCUT2D eigenvalue weighted by atomic mass is 10.1. The Morgan fingerprint density at radius 1 is 1.00 bits per heavy atom. The second-order valence-corrected chi connectivity index (χ2v) is 4.81. The molecular weight excluding hydrogens is 266 g/mol. The molecule has 0 saturated carbocycles. The van der Waals surface area contributed by atoms with Crippen molar-refractivity contribution < 1.29 is 9.63 Å². The average molecular weight is 281 g/mol. The van der Waals surface area contributed by atoms with Gasteiger partial charge in [-0.25, -0.2) is 0 Å². The molecule has 0 bridgehead atoms. The third-order valence-electron chi connectivity index (χ3n) is 3.16. The van der Waals surface area contributed by atoms with Crippen molar-refractivity contribution in [2.45, 2.75) is 19.3 Å². The van der Waals surface area contributed by atoms with Gasteiger partial charge < -0.3 is 9.63 Å². The molecule has 1 N–H and O–H groups in total. The van der Waals surface area contributed by atoms with E-state index in [0.717, 1.165) is 17.5 Å². The van der Waals surface area contributed by atoms with E-state index in [1.165, 1.54) is 0 Å². The summed E-state index contributed by atoms with van der Waals surface area (Å²) in [6.45, 7) is 0. The van der Waals surface area contributed by atoms with Gasteiger partial charge in [0, 0.05) is 25.2 Å². The predicted molar refractivity (Wildman–Crippen MR) is 76.9 cm³/mol. The van der Waals surface area contributed by atoms with Crippen LogP contribution in [0.3, 0.4) is 0 Å². The molecule has 0 atom stereocenters. The van der Waals surface area contributed by atoms with E-state index in [1.807, 2.05) is 24.3 Å². The molecule has 1 aromatic carbocycles. The molecule has 0 fully saturated rings. The number of aryl methyl sites for hydroxylation is 2. The topological polar surface area (TPSA) is 72.0 Å². The highest BCUT2D eigenvalue weighted by Crippen LogP contribution is 2.12. The first-order valence-corrected chi connectivity index (χ1v) is 6.78. The van der Waals surface area contributed by atoms with Crippen molar-refractivity contribution in [3.05, 3.63) is 71.6 Å². The standard InChI is InChI=1S/C16H15N3O2/c20-14-6-3-12(4-7-14)5-8-16-18-15(19-21-16)10-13-2-1-9-17-11-13/h1-4,6-7,9,11,20H,5,8,10H2. The Balaban J connectivity index is 1.59. The smallest absolute Gasteiger partial charge is 0.226 e. The third kappa shape index (κ3) is 3.66. The van der Waals surface area contributed by atoms with Crippen LogP contribution in [0, 0.1) is 0 Å². The van der Waals surface area contributed by atoms with Crippen molar-refractivity contribution in [3.8, 4) is 5.75 Å². The third-order valence-corrected chi connectivity index (χ3v) is 3.16. The fourth-order valence-electron chi connectivity index (χ4n) is 2.06. The molecule has 3 aromatic rings. The summed E-state index contributed by atoms with van der Waals surface area (Å²) in [6.07, 6.45) is 5.64. The molecule has 5 nitrogen and oxygen atoms in total. The number of aromatic hydroxyl groups is 1. The minimum absolute atomic E-state index is 0.273. The lowest BCUT2D eigenvalue weighted by Gasteiger charge is -1.98. The second-order valence-electron chi connectivity index (χ2n) is 4.81. The van der Waals surface area contributed by atoms with Gasteiger partial charge in [-0.05, 0) is 35.7 Å². The van der Waals surface area contributed by atoms with Gasteiger partial charge in [0.15, 0.2) is 5.82 Å². The van der Waals surface area contributed by atoms with Crippen LogP contribution in [0.1, 0.15) is 22.8 Å². The molecule has 5 heteroatoms. The van der Waals surface area contributed by atoms with Crippen LogP contribution in [0.25, 0.3) is 0 Å². The largest absolute Gasteiger partial charge is 0.508 e. The Labute approximate surface area is 122 Å². The number of hydrogen-bond donors (Lipinski definition) is 1. The van der Waals surface area contributed by atoms with Crippen molar-refractivity contribution >= 4 is 0 Å². The summed E-state index contributed by atoms with van der Waals surface area (Å²) in [7, 11) is 0. The van der Waals surface area contributed by atoms with Crippen molar-refractivity contribution in [2.24, 2.45) is 0 Å². The highest BCUT2D eigenvalue weighted by Gasteiger charge is 2.07. The zero-order valence-corrected chi connectivity index (χ0v) is 11.4. The number of hydrogen-bond acceptors (Lipinski definition) is 5.